The molecule has 0 aliphatic rings. The normalized spacial score (nSPS) is 12.3. The molecule has 5 nitrogen and oxygen atoms in total. The van der Waals surface area contributed by atoms with Gasteiger partial charge >= 0.3 is 5.97 Å². The van der Waals surface area contributed by atoms with Crippen molar-refractivity contribution < 1.29 is 14.3 Å². The van der Waals surface area contributed by atoms with Gasteiger partial charge in [-0.25, -0.2) is 0 Å². The van der Waals surface area contributed by atoms with E-state index in [0.717, 1.165) is 23.1 Å². The Bertz CT molecular complexity index is 980. The molecule has 6 heteroatoms. The van der Waals surface area contributed by atoms with Gasteiger partial charge in [0, 0.05) is 34.0 Å². The van der Waals surface area contributed by atoms with Crippen LogP contribution in [0.2, 0.25) is 0 Å². The van der Waals surface area contributed by atoms with E-state index < -0.39 is 0 Å². The monoisotopic (exact) mass is 384 g/mol. The van der Waals surface area contributed by atoms with Crippen LogP contribution in [0.1, 0.15) is 20.8 Å². The third kappa shape index (κ3) is 4.11. The number of carbonyl (C=O) groups excluding carboxylic acids is 2. The number of thioether (sulfide) groups is 1. The van der Waals surface area contributed by atoms with E-state index in [1.807, 2.05) is 30.3 Å². The van der Waals surface area contributed by atoms with Gasteiger partial charge in [0.1, 0.15) is 0 Å². The maximum absolute atomic E-state index is 12.5. The van der Waals surface area contributed by atoms with Crippen LogP contribution in [-0.2, 0) is 20.9 Å². The van der Waals surface area contributed by atoms with Gasteiger partial charge in [0.05, 0.1) is 17.6 Å². The highest BCUT2D eigenvalue weighted by atomic mass is 32.2. The van der Waals surface area contributed by atoms with Crippen LogP contribution in [0.4, 0.5) is 5.69 Å². The Balaban J connectivity index is 1.78. The Morgan fingerprint density at radius 1 is 1.11 bits per heavy atom. The molecule has 0 aliphatic heterocycles. The van der Waals surface area contributed by atoms with E-state index in [2.05, 4.69) is 28.9 Å². The summed E-state index contributed by atoms with van der Waals surface area (Å²) in [5.74, 6) is -0.246. The molecule has 1 aromatic heterocycles. The first kappa shape index (κ1) is 19.3. The first-order chi connectivity index (χ1) is 13.0. The molecule has 142 valence electrons. The van der Waals surface area contributed by atoms with Gasteiger partial charge in [-0.05, 0) is 45.0 Å². The molecule has 1 N–H and O–H groups in total. The molecule has 27 heavy (non-hydrogen) atoms. The second kappa shape index (κ2) is 8.48. The zero-order valence-corrected chi connectivity index (χ0v) is 16.6. The van der Waals surface area contributed by atoms with Crippen molar-refractivity contribution in [3.63, 3.8) is 0 Å². The van der Waals surface area contributed by atoms with E-state index in [9.17, 15) is 9.59 Å². The number of esters is 1. The number of benzene rings is 2. The molecule has 0 bridgehead atoms. The first-order valence-corrected chi connectivity index (χ1v) is 10.2. The predicted molar refractivity (Wildman–Crippen MR) is 112 cm³/mol. The molecule has 2 aromatic carbocycles. The van der Waals surface area contributed by atoms with Crippen LogP contribution in [-0.4, -0.2) is 34.1 Å². The van der Waals surface area contributed by atoms with E-state index in [1.54, 1.807) is 13.8 Å². The Hall–Kier alpha value is -2.47. The van der Waals surface area contributed by atoms with Crippen LogP contribution in [0.3, 0.4) is 0 Å². The number of para-hydroxylation sites is 1. The number of hydrogen-bond acceptors (Lipinski definition) is 4. The van der Waals surface area contributed by atoms with Crippen LogP contribution in [0.15, 0.2) is 42.5 Å². The number of aryl methyl sites for hydroxylation is 1. The van der Waals surface area contributed by atoms with Gasteiger partial charge in [-0.1, -0.05) is 18.2 Å². The molecular formula is C21H24N2O3S. The molecule has 3 rings (SSSR count). The highest BCUT2D eigenvalue weighted by molar-refractivity contribution is 8.01. The second-order valence-corrected chi connectivity index (χ2v) is 7.57. The minimum absolute atomic E-state index is 0.122. The molecule has 0 saturated carbocycles. The predicted octanol–water partition coefficient (Wildman–Crippen LogP) is 4.44. The topological polar surface area (TPSA) is 60.3 Å². The van der Waals surface area contributed by atoms with E-state index in [4.69, 9.17) is 4.74 Å². The fraction of sp³-hybridized carbons (Fsp3) is 0.333. The fourth-order valence-electron chi connectivity index (χ4n) is 3.19. The Morgan fingerprint density at radius 3 is 2.59 bits per heavy atom. The minimum Gasteiger partial charge on any atom is -0.465 e. The van der Waals surface area contributed by atoms with Gasteiger partial charge in [0.2, 0.25) is 5.91 Å². The zero-order valence-electron chi connectivity index (χ0n) is 15.8. The number of aromatic nitrogens is 1. The molecule has 0 radical (unpaired) electrons. The summed E-state index contributed by atoms with van der Waals surface area (Å²) in [6, 6.07) is 14.3. The van der Waals surface area contributed by atoms with E-state index in [1.165, 1.54) is 22.7 Å². The fourth-order valence-corrected chi connectivity index (χ4v) is 3.87. The molecule has 0 spiro atoms. The summed E-state index contributed by atoms with van der Waals surface area (Å²) < 4.78 is 7.17. The first-order valence-electron chi connectivity index (χ1n) is 9.14. The lowest BCUT2D eigenvalue weighted by Crippen LogP contribution is -2.24. The number of amides is 1. The molecule has 0 aliphatic carbocycles. The molecular weight excluding hydrogens is 360 g/mol. The average molecular weight is 385 g/mol. The van der Waals surface area contributed by atoms with Gasteiger partial charge in [-0.15, -0.1) is 11.8 Å². The molecule has 0 saturated heterocycles. The molecule has 1 amide bonds. The standard InChI is InChI=1S/C21H24N2O3S/c1-4-23-18-9-7-6-8-16(18)17-12-15(10-11-19(17)23)22-21(25)14(3)27-13-20(24)26-5-2/h6-12,14H,4-5,13H2,1-3H3,(H,22,25). The average Bonchev–Trinajstić information content (AvgIpc) is 2.99. The lowest BCUT2D eigenvalue weighted by atomic mass is 10.1. The van der Waals surface area contributed by atoms with Crippen molar-refractivity contribution in [3.05, 3.63) is 42.5 Å². The van der Waals surface area contributed by atoms with Crippen molar-refractivity contribution in [3.8, 4) is 0 Å². The number of carbonyl (C=O) groups is 2. The van der Waals surface area contributed by atoms with Crippen molar-refractivity contribution in [1.82, 2.24) is 4.57 Å². The lowest BCUT2D eigenvalue weighted by Gasteiger charge is -2.12. The van der Waals surface area contributed by atoms with Crippen molar-refractivity contribution >= 4 is 51.1 Å². The van der Waals surface area contributed by atoms with Gasteiger partial charge < -0.3 is 14.6 Å². The van der Waals surface area contributed by atoms with Gasteiger partial charge in [0.25, 0.3) is 0 Å². The van der Waals surface area contributed by atoms with Crippen molar-refractivity contribution in [2.45, 2.75) is 32.6 Å². The van der Waals surface area contributed by atoms with Crippen LogP contribution in [0.25, 0.3) is 21.8 Å². The number of fused-ring (bicyclic) bond motifs is 3. The number of ether oxygens (including phenoxy) is 1. The van der Waals surface area contributed by atoms with Gasteiger partial charge in [-0.3, -0.25) is 9.59 Å². The summed E-state index contributed by atoms with van der Waals surface area (Å²) in [4.78, 5) is 23.9. The maximum atomic E-state index is 12.5. The minimum atomic E-state index is -0.345. The van der Waals surface area contributed by atoms with E-state index in [0.29, 0.717) is 6.61 Å². The maximum Gasteiger partial charge on any atom is 0.315 e. The third-order valence-corrected chi connectivity index (χ3v) is 5.60. The summed E-state index contributed by atoms with van der Waals surface area (Å²) >= 11 is 1.28. The smallest absolute Gasteiger partial charge is 0.315 e. The Labute approximate surface area is 163 Å². The summed E-state index contributed by atoms with van der Waals surface area (Å²) in [7, 11) is 0. The number of hydrogen-bond donors (Lipinski definition) is 1. The summed E-state index contributed by atoms with van der Waals surface area (Å²) in [6.07, 6.45) is 0. The van der Waals surface area contributed by atoms with Gasteiger partial charge in [-0.2, -0.15) is 0 Å². The number of rotatable bonds is 7. The summed E-state index contributed by atoms with van der Waals surface area (Å²) in [5, 5.41) is 4.91. The Morgan fingerprint density at radius 2 is 1.85 bits per heavy atom. The van der Waals surface area contributed by atoms with Crippen LogP contribution < -0.4 is 5.32 Å². The molecule has 1 heterocycles. The quantitative estimate of drug-likeness (QED) is 0.612. The highest BCUT2D eigenvalue weighted by Crippen LogP contribution is 2.31. The number of nitrogens with zero attached hydrogens (tertiary/aromatic N) is 1. The lowest BCUT2D eigenvalue weighted by molar-refractivity contribution is -0.139. The number of anilines is 1. The summed E-state index contributed by atoms with van der Waals surface area (Å²) in [6.45, 7) is 6.93. The van der Waals surface area contributed by atoms with Crippen molar-refractivity contribution in [1.29, 1.82) is 0 Å². The van der Waals surface area contributed by atoms with E-state index in [-0.39, 0.29) is 22.9 Å². The third-order valence-electron chi connectivity index (χ3n) is 4.48. The largest absolute Gasteiger partial charge is 0.465 e. The van der Waals surface area contributed by atoms with Gasteiger partial charge in [0.15, 0.2) is 0 Å². The zero-order chi connectivity index (χ0) is 19.4. The summed E-state index contributed by atoms with van der Waals surface area (Å²) in [5.41, 5.74) is 3.10. The SMILES string of the molecule is CCOC(=O)CSC(C)C(=O)Nc1ccc2c(c1)c1ccccc1n2CC. The Kier molecular flexibility index (Phi) is 6.06. The van der Waals surface area contributed by atoms with Crippen molar-refractivity contribution in [2.24, 2.45) is 0 Å². The number of nitrogens with one attached hydrogen (secondary N) is 1. The second-order valence-electron chi connectivity index (χ2n) is 6.24. The van der Waals surface area contributed by atoms with Crippen LogP contribution in [0, 0.1) is 0 Å². The molecule has 1 atom stereocenters. The van der Waals surface area contributed by atoms with Crippen molar-refractivity contribution in [2.75, 3.05) is 17.7 Å². The highest BCUT2D eigenvalue weighted by Gasteiger charge is 2.17. The molecule has 1 unspecified atom stereocenters. The van der Waals surface area contributed by atoms with Crippen LogP contribution >= 0.6 is 11.8 Å². The molecule has 3 aromatic rings. The molecule has 0 fully saturated rings. The van der Waals surface area contributed by atoms with E-state index >= 15 is 0 Å². The van der Waals surface area contributed by atoms with Crippen LogP contribution in [0.5, 0.6) is 0 Å².